The van der Waals surface area contributed by atoms with Crippen molar-refractivity contribution in [2.75, 3.05) is 13.1 Å². The van der Waals surface area contributed by atoms with Crippen molar-refractivity contribution in [3.05, 3.63) is 53.8 Å². The largest absolute Gasteiger partial charge is 0.262 e. The molecule has 138 valence electrons. The zero-order valence-electron chi connectivity index (χ0n) is 14.4. The summed E-state index contributed by atoms with van der Waals surface area (Å²) in [6.45, 7) is 0.950. The van der Waals surface area contributed by atoms with Gasteiger partial charge in [-0.3, -0.25) is 0 Å². The van der Waals surface area contributed by atoms with Crippen molar-refractivity contribution in [3.63, 3.8) is 0 Å². The minimum atomic E-state index is -3.62. The van der Waals surface area contributed by atoms with Gasteiger partial charge in [-0.2, -0.15) is 9.40 Å². The molecule has 3 aromatic heterocycles. The van der Waals surface area contributed by atoms with E-state index in [-0.39, 0.29) is 5.03 Å². The Kier molecular flexibility index (Phi) is 3.96. The lowest BCUT2D eigenvalue weighted by Gasteiger charge is -2.29. The molecule has 0 spiro atoms. The molecule has 0 bridgehead atoms. The summed E-state index contributed by atoms with van der Waals surface area (Å²) in [4.78, 5) is 8.89. The SMILES string of the molecule is O=S(=O)(c1cnc2cccnn12)N1CCC(c2nc3ccccc3s2)CC1. The van der Waals surface area contributed by atoms with Crippen molar-refractivity contribution >= 4 is 37.2 Å². The first-order valence-corrected chi connectivity index (χ1v) is 11.0. The Morgan fingerprint density at radius 2 is 1.89 bits per heavy atom. The summed E-state index contributed by atoms with van der Waals surface area (Å²) in [7, 11) is -3.62. The first-order chi connectivity index (χ1) is 13.1. The molecule has 0 saturated carbocycles. The van der Waals surface area contributed by atoms with Crippen molar-refractivity contribution in [2.45, 2.75) is 23.8 Å². The highest BCUT2D eigenvalue weighted by atomic mass is 32.2. The second-order valence-electron chi connectivity index (χ2n) is 6.59. The fraction of sp³-hybridized carbons (Fsp3) is 0.278. The predicted octanol–water partition coefficient (Wildman–Crippen LogP) is 2.91. The highest BCUT2D eigenvalue weighted by molar-refractivity contribution is 7.89. The number of hydrogen-bond acceptors (Lipinski definition) is 6. The van der Waals surface area contributed by atoms with E-state index in [1.165, 1.54) is 19.7 Å². The molecule has 1 aromatic carbocycles. The maximum Gasteiger partial charge on any atom is 0.262 e. The molecule has 7 nitrogen and oxygen atoms in total. The summed E-state index contributed by atoms with van der Waals surface area (Å²) in [6, 6.07) is 11.6. The summed E-state index contributed by atoms with van der Waals surface area (Å²) < 4.78 is 30.2. The number of sulfonamides is 1. The molecular weight excluding hydrogens is 382 g/mol. The van der Waals surface area contributed by atoms with Gasteiger partial charge >= 0.3 is 0 Å². The van der Waals surface area contributed by atoms with Crippen LogP contribution in [0.3, 0.4) is 0 Å². The standard InChI is InChI=1S/C18H17N5O2S2/c24-27(25,17-12-19-16-6-3-9-20-23(16)17)22-10-7-13(8-11-22)18-21-14-4-1-2-5-15(14)26-18/h1-6,9,12-13H,7-8,10-11H2. The van der Waals surface area contributed by atoms with Crippen LogP contribution in [0.15, 0.2) is 53.8 Å². The Morgan fingerprint density at radius 3 is 2.70 bits per heavy atom. The smallest absolute Gasteiger partial charge is 0.241 e. The molecule has 4 heterocycles. The second kappa shape index (κ2) is 6.36. The van der Waals surface area contributed by atoms with Crippen LogP contribution in [0.1, 0.15) is 23.8 Å². The van der Waals surface area contributed by atoms with Gasteiger partial charge in [0.25, 0.3) is 10.0 Å². The number of imidazole rings is 1. The summed E-state index contributed by atoms with van der Waals surface area (Å²) in [5, 5.41) is 5.35. The Balaban J connectivity index is 1.38. The summed E-state index contributed by atoms with van der Waals surface area (Å²) in [5.41, 5.74) is 1.55. The molecule has 9 heteroatoms. The van der Waals surface area contributed by atoms with Gasteiger partial charge in [0.15, 0.2) is 10.7 Å². The van der Waals surface area contributed by atoms with Gasteiger partial charge in [-0.1, -0.05) is 12.1 Å². The van der Waals surface area contributed by atoms with E-state index in [1.807, 2.05) is 18.2 Å². The summed E-state index contributed by atoms with van der Waals surface area (Å²) >= 11 is 1.71. The molecule has 0 atom stereocenters. The quantitative estimate of drug-likeness (QED) is 0.529. The Bertz CT molecular complexity index is 1190. The van der Waals surface area contributed by atoms with E-state index in [9.17, 15) is 8.42 Å². The van der Waals surface area contributed by atoms with Gasteiger partial charge in [-0.05, 0) is 37.1 Å². The van der Waals surface area contributed by atoms with Crippen LogP contribution in [-0.4, -0.2) is 45.4 Å². The number of nitrogens with zero attached hydrogens (tertiary/aromatic N) is 5. The van der Waals surface area contributed by atoms with Gasteiger partial charge in [0.2, 0.25) is 0 Å². The fourth-order valence-corrected chi connectivity index (χ4v) is 6.16. The average molecular weight is 400 g/mol. The highest BCUT2D eigenvalue weighted by Gasteiger charge is 2.33. The lowest BCUT2D eigenvalue weighted by molar-refractivity contribution is 0.318. The van der Waals surface area contributed by atoms with Crippen LogP contribution < -0.4 is 0 Å². The molecule has 4 aromatic rings. The number of para-hydroxylation sites is 1. The van der Waals surface area contributed by atoms with E-state index in [0.717, 1.165) is 23.4 Å². The van der Waals surface area contributed by atoms with E-state index in [1.54, 1.807) is 29.7 Å². The van der Waals surface area contributed by atoms with Crippen LogP contribution in [-0.2, 0) is 10.0 Å². The van der Waals surface area contributed by atoms with Gasteiger partial charge in [-0.25, -0.2) is 22.9 Å². The molecule has 0 radical (unpaired) electrons. The number of aromatic nitrogens is 4. The Morgan fingerprint density at radius 1 is 1.07 bits per heavy atom. The van der Waals surface area contributed by atoms with Crippen molar-refractivity contribution in [1.29, 1.82) is 0 Å². The maximum absolute atomic E-state index is 13.1. The van der Waals surface area contributed by atoms with E-state index >= 15 is 0 Å². The minimum absolute atomic E-state index is 0.122. The molecule has 1 fully saturated rings. The van der Waals surface area contributed by atoms with E-state index in [2.05, 4.69) is 16.1 Å². The molecule has 1 aliphatic rings. The van der Waals surface area contributed by atoms with Gasteiger partial charge in [0.05, 0.1) is 21.4 Å². The van der Waals surface area contributed by atoms with Crippen LogP contribution in [0.25, 0.3) is 15.9 Å². The van der Waals surface area contributed by atoms with Crippen LogP contribution in [0.5, 0.6) is 0 Å². The van der Waals surface area contributed by atoms with Crippen molar-refractivity contribution in [3.8, 4) is 0 Å². The van der Waals surface area contributed by atoms with E-state index < -0.39 is 10.0 Å². The number of hydrogen-bond donors (Lipinski definition) is 0. The third-order valence-electron chi connectivity index (χ3n) is 4.96. The van der Waals surface area contributed by atoms with Crippen LogP contribution in [0, 0.1) is 0 Å². The van der Waals surface area contributed by atoms with E-state index in [4.69, 9.17) is 4.98 Å². The summed E-state index contributed by atoms with van der Waals surface area (Å²) in [5.74, 6) is 0.300. The third-order valence-corrected chi connectivity index (χ3v) is 8.02. The maximum atomic E-state index is 13.1. The predicted molar refractivity (Wildman–Crippen MR) is 103 cm³/mol. The average Bonchev–Trinajstić information content (AvgIpc) is 3.32. The number of rotatable bonds is 3. The molecule has 1 saturated heterocycles. The zero-order valence-corrected chi connectivity index (χ0v) is 16.0. The first-order valence-electron chi connectivity index (χ1n) is 8.77. The molecule has 1 aliphatic heterocycles. The topological polar surface area (TPSA) is 80.5 Å². The van der Waals surface area contributed by atoms with Crippen molar-refractivity contribution < 1.29 is 8.42 Å². The Hall–Kier alpha value is -2.36. The first kappa shape index (κ1) is 16.8. The molecular formula is C18H17N5O2S2. The minimum Gasteiger partial charge on any atom is -0.241 e. The van der Waals surface area contributed by atoms with Crippen molar-refractivity contribution in [1.82, 2.24) is 23.9 Å². The van der Waals surface area contributed by atoms with Gasteiger partial charge in [-0.15, -0.1) is 11.3 Å². The Labute approximate surface area is 160 Å². The lowest BCUT2D eigenvalue weighted by atomic mass is 9.99. The number of benzene rings is 1. The molecule has 0 amide bonds. The number of thiazole rings is 1. The fourth-order valence-electron chi connectivity index (χ4n) is 3.52. The lowest BCUT2D eigenvalue weighted by Crippen LogP contribution is -2.38. The normalized spacial score (nSPS) is 17.0. The number of fused-ring (bicyclic) bond motifs is 2. The molecule has 0 aliphatic carbocycles. The molecule has 0 unspecified atom stereocenters. The van der Waals surface area contributed by atoms with Gasteiger partial charge < -0.3 is 0 Å². The molecule has 27 heavy (non-hydrogen) atoms. The van der Waals surface area contributed by atoms with E-state index in [0.29, 0.717) is 24.7 Å². The second-order valence-corrected chi connectivity index (χ2v) is 9.54. The monoisotopic (exact) mass is 399 g/mol. The van der Waals surface area contributed by atoms with Crippen LogP contribution in [0.2, 0.25) is 0 Å². The third kappa shape index (κ3) is 2.82. The summed E-state index contributed by atoms with van der Waals surface area (Å²) in [6.07, 6.45) is 4.48. The van der Waals surface area contributed by atoms with Crippen LogP contribution in [0.4, 0.5) is 0 Å². The molecule has 0 N–H and O–H groups in total. The number of piperidine rings is 1. The highest BCUT2D eigenvalue weighted by Crippen LogP contribution is 2.35. The van der Waals surface area contributed by atoms with Gasteiger partial charge in [0, 0.05) is 25.2 Å². The zero-order chi connectivity index (χ0) is 18.4. The molecule has 5 rings (SSSR count). The van der Waals surface area contributed by atoms with Gasteiger partial charge in [0.1, 0.15) is 0 Å². The van der Waals surface area contributed by atoms with Crippen LogP contribution >= 0.6 is 11.3 Å². The van der Waals surface area contributed by atoms with Crippen molar-refractivity contribution in [2.24, 2.45) is 0 Å².